The summed E-state index contributed by atoms with van der Waals surface area (Å²) in [6, 6.07) is 12.2. The SMILES string of the molecule is O=C(c1cc(F)ccc1F)C1CCN(C(=O)c2cc(-c3ccc(Br)cc3)n[nH]2)CC1. The maximum Gasteiger partial charge on any atom is 0.271 e. The van der Waals surface area contributed by atoms with Crippen LogP contribution in [-0.4, -0.2) is 39.9 Å². The molecule has 1 aliphatic heterocycles. The Morgan fingerprint density at radius 2 is 1.73 bits per heavy atom. The molecule has 1 saturated heterocycles. The third-order valence-corrected chi connectivity index (χ3v) is 5.82. The Bertz CT molecular complexity index is 1090. The van der Waals surface area contributed by atoms with E-state index < -0.39 is 23.3 Å². The number of aromatic nitrogens is 2. The van der Waals surface area contributed by atoms with Gasteiger partial charge < -0.3 is 4.90 Å². The number of halogens is 3. The topological polar surface area (TPSA) is 66.1 Å². The number of likely N-dealkylation sites (tertiary alicyclic amines) is 1. The normalized spacial score (nSPS) is 14.7. The molecule has 1 N–H and O–H groups in total. The summed E-state index contributed by atoms with van der Waals surface area (Å²) in [6.07, 6.45) is 0.794. The quantitative estimate of drug-likeness (QED) is 0.550. The third-order valence-electron chi connectivity index (χ3n) is 5.30. The Morgan fingerprint density at radius 1 is 1.03 bits per heavy atom. The first kappa shape index (κ1) is 20.4. The summed E-state index contributed by atoms with van der Waals surface area (Å²) in [5, 5.41) is 6.99. The standard InChI is InChI=1S/C22H18BrF2N3O2/c23-15-3-1-13(2-4-15)19-12-20(27-26-19)22(30)28-9-7-14(8-10-28)21(29)17-11-16(24)5-6-18(17)25/h1-6,11-12,14H,7-10H2,(H,26,27). The van der Waals surface area contributed by atoms with E-state index in [0.717, 1.165) is 28.2 Å². The van der Waals surface area contributed by atoms with Gasteiger partial charge in [0.05, 0.1) is 11.3 Å². The van der Waals surface area contributed by atoms with Gasteiger partial charge in [-0.15, -0.1) is 0 Å². The molecule has 2 heterocycles. The number of hydrogen-bond acceptors (Lipinski definition) is 3. The highest BCUT2D eigenvalue weighted by Gasteiger charge is 2.30. The van der Waals surface area contributed by atoms with Crippen LogP contribution in [-0.2, 0) is 0 Å². The van der Waals surface area contributed by atoms with Crippen LogP contribution in [0.15, 0.2) is 53.0 Å². The highest BCUT2D eigenvalue weighted by molar-refractivity contribution is 9.10. The molecule has 1 amide bonds. The van der Waals surface area contributed by atoms with Crippen LogP contribution in [0, 0.1) is 17.6 Å². The maximum atomic E-state index is 13.9. The van der Waals surface area contributed by atoms with Gasteiger partial charge in [0.15, 0.2) is 5.78 Å². The van der Waals surface area contributed by atoms with E-state index in [1.807, 2.05) is 24.3 Å². The Labute approximate surface area is 180 Å². The van der Waals surface area contributed by atoms with Gasteiger partial charge in [-0.3, -0.25) is 14.7 Å². The molecular weight excluding hydrogens is 456 g/mol. The van der Waals surface area contributed by atoms with Gasteiger partial charge in [-0.05, 0) is 49.2 Å². The average Bonchev–Trinajstić information content (AvgIpc) is 3.25. The van der Waals surface area contributed by atoms with Gasteiger partial charge in [-0.2, -0.15) is 5.10 Å². The van der Waals surface area contributed by atoms with E-state index >= 15 is 0 Å². The average molecular weight is 474 g/mol. The molecule has 0 saturated carbocycles. The number of H-pyrrole nitrogens is 1. The van der Waals surface area contributed by atoms with Crippen molar-refractivity contribution in [2.75, 3.05) is 13.1 Å². The molecule has 0 radical (unpaired) electrons. The van der Waals surface area contributed by atoms with E-state index in [2.05, 4.69) is 26.1 Å². The van der Waals surface area contributed by atoms with Crippen LogP contribution in [0.5, 0.6) is 0 Å². The molecule has 8 heteroatoms. The molecule has 30 heavy (non-hydrogen) atoms. The molecule has 0 unspecified atom stereocenters. The molecule has 5 nitrogen and oxygen atoms in total. The molecule has 4 rings (SSSR count). The van der Waals surface area contributed by atoms with Crippen molar-refractivity contribution < 1.29 is 18.4 Å². The Kier molecular flexibility index (Phi) is 5.76. The van der Waals surface area contributed by atoms with Crippen LogP contribution in [0.25, 0.3) is 11.3 Å². The van der Waals surface area contributed by atoms with Crippen LogP contribution in [0.4, 0.5) is 8.78 Å². The van der Waals surface area contributed by atoms with Crippen molar-refractivity contribution in [1.29, 1.82) is 0 Å². The predicted octanol–water partition coefficient (Wildman–Crippen LogP) is 4.85. The fourth-order valence-corrected chi connectivity index (χ4v) is 3.89. The fraction of sp³-hybridized carbons (Fsp3) is 0.227. The lowest BCUT2D eigenvalue weighted by molar-refractivity contribution is 0.0644. The van der Waals surface area contributed by atoms with E-state index in [9.17, 15) is 18.4 Å². The second kappa shape index (κ2) is 8.47. The lowest BCUT2D eigenvalue weighted by Gasteiger charge is -2.31. The van der Waals surface area contributed by atoms with Gasteiger partial charge in [-0.1, -0.05) is 28.1 Å². The van der Waals surface area contributed by atoms with Crippen molar-refractivity contribution >= 4 is 27.6 Å². The molecule has 1 fully saturated rings. The van der Waals surface area contributed by atoms with Gasteiger partial charge in [-0.25, -0.2) is 8.78 Å². The smallest absolute Gasteiger partial charge is 0.271 e. The summed E-state index contributed by atoms with van der Waals surface area (Å²) < 4.78 is 28.2. The monoisotopic (exact) mass is 473 g/mol. The van der Waals surface area contributed by atoms with Crippen molar-refractivity contribution in [3.05, 3.63) is 75.9 Å². The van der Waals surface area contributed by atoms with E-state index in [1.54, 1.807) is 11.0 Å². The molecule has 0 spiro atoms. The summed E-state index contributed by atoms with van der Waals surface area (Å²) in [6.45, 7) is 0.720. The van der Waals surface area contributed by atoms with Gasteiger partial charge in [0.1, 0.15) is 17.3 Å². The molecule has 0 aliphatic carbocycles. The first-order chi connectivity index (χ1) is 14.4. The number of ketones is 1. The number of aromatic amines is 1. The summed E-state index contributed by atoms with van der Waals surface area (Å²) in [4.78, 5) is 27.0. The number of nitrogens with zero attached hydrogens (tertiary/aromatic N) is 2. The number of carbonyl (C=O) groups is 2. The number of carbonyl (C=O) groups excluding carboxylic acids is 2. The summed E-state index contributed by atoms with van der Waals surface area (Å²) >= 11 is 3.38. The molecule has 0 bridgehead atoms. The van der Waals surface area contributed by atoms with Crippen molar-refractivity contribution in [3.63, 3.8) is 0 Å². The second-order valence-corrected chi connectivity index (χ2v) is 8.14. The van der Waals surface area contributed by atoms with Crippen molar-refractivity contribution in [2.45, 2.75) is 12.8 Å². The zero-order valence-electron chi connectivity index (χ0n) is 15.9. The summed E-state index contributed by atoms with van der Waals surface area (Å²) in [5.41, 5.74) is 1.69. The number of benzene rings is 2. The molecule has 0 atom stereocenters. The van der Waals surface area contributed by atoms with E-state index in [1.165, 1.54) is 0 Å². The predicted molar refractivity (Wildman–Crippen MR) is 111 cm³/mol. The number of amides is 1. The number of rotatable bonds is 4. The third kappa shape index (κ3) is 4.18. The number of hydrogen-bond donors (Lipinski definition) is 1. The van der Waals surface area contributed by atoms with Crippen molar-refractivity contribution in [1.82, 2.24) is 15.1 Å². The number of Topliss-reactive ketones (excluding diaryl/α,β-unsaturated/α-hetero) is 1. The number of piperidine rings is 1. The highest BCUT2D eigenvalue weighted by Crippen LogP contribution is 2.25. The van der Waals surface area contributed by atoms with Crippen LogP contribution < -0.4 is 0 Å². The first-order valence-corrected chi connectivity index (χ1v) is 10.3. The summed E-state index contributed by atoms with van der Waals surface area (Å²) in [7, 11) is 0. The van der Waals surface area contributed by atoms with Crippen LogP contribution >= 0.6 is 15.9 Å². The maximum absolute atomic E-state index is 13.9. The number of nitrogens with one attached hydrogen (secondary N) is 1. The lowest BCUT2D eigenvalue weighted by atomic mass is 9.88. The second-order valence-electron chi connectivity index (χ2n) is 7.23. The molecule has 2 aromatic carbocycles. The van der Waals surface area contributed by atoms with Crippen molar-refractivity contribution in [2.24, 2.45) is 5.92 Å². The van der Waals surface area contributed by atoms with Crippen LogP contribution in [0.2, 0.25) is 0 Å². The van der Waals surface area contributed by atoms with Crippen LogP contribution in [0.1, 0.15) is 33.7 Å². The lowest BCUT2D eigenvalue weighted by Crippen LogP contribution is -2.40. The zero-order valence-corrected chi connectivity index (χ0v) is 17.5. The Balaban J connectivity index is 1.40. The van der Waals surface area contributed by atoms with Gasteiger partial charge in [0, 0.05) is 29.0 Å². The van der Waals surface area contributed by atoms with Gasteiger partial charge >= 0.3 is 0 Å². The first-order valence-electron chi connectivity index (χ1n) is 9.52. The minimum absolute atomic E-state index is 0.200. The van der Waals surface area contributed by atoms with Crippen molar-refractivity contribution in [3.8, 4) is 11.3 Å². The van der Waals surface area contributed by atoms with E-state index in [4.69, 9.17) is 0 Å². The van der Waals surface area contributed by atoms with Crippen LogP contribution in [0.3, 0.4) is 0 Å². The van der Waals surface area contributed by atoms with E-state index in [-0.39, 0.29) is 11.5 Å². The Morgan fingerprint density at radius 3 is 2.43 bits per heavy atom. The van der Waals surface area contributed by atoms with Gasteiger partial charge in [0.25, 0.3) is 5.91 Å². The molecule has 1 aromatic heterocycles. The Hall–Kier alpha value is -2.87. The fourth-order valence-electron chi connectivity index (χ4n) is 3.62. The highest BCUT2D eigenvalue weighted by atomic mass is 79.9. The van der Waals surface area contributed by atoms with E-state index in [0.29, 0.717) is 37.3 Å². The molecule has 3 aromatic rings. The largest absolute Gasteiger partial charge is 0.337 e. The van der Waals surface area contributed by atoms with Gasteiger partial charge in [0.2, 0.25) is 0 Å². The zero-order chi connectivity index (χ0) is 21.3. The molecule has 154 valence electrons. The molecular formula is C22H18BrF2N3O2. The minimum atomic E-state index is -0.724. The summed E-state index contributed by atoms with van der Waals surface area (Å²) in [5.74, 6) is -2.43. The minimum Gasteiger partial charge on any atom is -0.337 e. The molecule has 1 aliphatic rings.